The van der Waals surface area contributed by atoms with Crippen LogP contribution in [0.3, 0.4) is 0 Å². The molecule has 0 fully saturated rings. The number of aryl methyl sites for hydroxylation is 2. The number of hydrogen-bond donors (Lipinski definition) is 1. The van der Waals surface area contributed by atoms with Crippen LogP contribution in [-0.4, -0.2) is 26.8 Å². The average molecular weight is 298 g/mol. The Hall–Kier alpha value is -0.990. The van der Waals surface area contributed by atoms with Crippen molar-refractivity contribution in [2.75, 3.05) is 11.1 Å². The number of nitrogens with one attached hydrogen (secondary N) is 1. The summed E-state index contributed by atoms with van der Waals surface area (Å²) in [7, 11) is 0. The fraction of sp³-hybridized carbons (Fsp3) is 0.400. The van der Waals surface area contributed by atoms with Gasteiger partial charge in [-0.1, -0.05) is 23.1 Å². The molecule has 18 heavy (non-hydrogen) atoms. The molecular weight excluding hydrogens is 288 g/mol. The van der Waals surface area contributed by atoms with Crippen molar-refractivity contribution in [3.63, 3.8) is 0 Å². The zero-order valence-corrected chi connectivity index (χ0v) is 11.8. The Kier molecular flexibility index (Phi) is 3.57. The Labute approximate surface area is 116 Å². The summed E-state index contributed by atoms with van der Waals surface area (Å²) in [6, 6.07) is 0. The van der Waals surface area contributed by atoms with E-state index in [1.807, 2.05) is 0 Å². The molecule has 0 bridgehead atoms. The molecule has 1 amide bonds. The minimum atomic E-state index is -0.0392. The topological polar surface area (TPSA) is 67.8 Å². The molecule has 94 valence electrons. The van der Waals surface area contributed by atoms with Gasteiger partial charge in [-0.05, 0) is 19.3 Å². The molecule has 5 nitrogen and oxygen atoms in total. The molecule has 2 heterocycles. The normalized spacial score (nSPS) is 13.6. The van der Waals surface area contributed by atoms with Gasteiger partial charge in [-0.2, -0.15) is 0 Å². The third-order valence-electron chi connectivity index (χ3n) is 2.51. The van der Waals surface area contributed by atoms with E-state index in [4.69, 9.17) is 0 Å². The first-order chi connectivity index (χ1) is 8.81. The number of carbonyl (C=O) groups is 1. The van der Waals surface area contributed by atoms with E-state index in [0.717, 1.165) is 28.0 Å². The molecule has 2 aromatic heterocycles. The molecule has 0 saturated carbocycles. The van der Waals surface area contributed by atoms with Gasteiger partial charge in [0.05, 0.1) is 11.4 Å². The molecule has 8 heteroatoms. The van der Waals surface area contributed by atoms with Crippen LogP contribution < -0.4 is 5.32 Å². The van der Waals surface area contributed by atoms with Crippen LogP contribution in [0, 0.1) is 0 Å². The standard InChI is InChI=1S/C10H10N4OS3/c15-8(4-16-10-14-11-5-17-10)13-9-12-6-2-1-3-7(6)18-9/h5H,1-4H2,(H,12,13,15). The summed E-state index contributed by atoms with van der Waals surface area (Å²) in [4.78, 5) is 17.5. The molecule has 0 spiro atoms. The third kappa shape index (κ3) is 2.70. The first kappa shape index (κ1) is 12.1. The lowest BCUT2D eigenvalue weighted by molar-refractivity contribution is -0.113. The SMILES string of the molecule is O=C(CSc1nncs1)Nc1nc2c(s1)CCC2. The highest BCUT2D eigenvalue weighted by atomic mass is 32.2. The zero-order chi connectivity index (χ0) is 12.4. The van der Waals surface area contributed by atoms with Gasteiger partial charge in [-0.3, -0.25) is 4.79 Å². The number of carbonyl (C=O) groups excluding carboxylic acids is 1. The first-order valence-corrected chi connectivity index (χ1v) is 8.17. The summed E-state index contributed by atoms with van der Waals surface area (Å²) in [5.41, 5.74) is 2.82. The van der Waals surface area contributed by atoms with Crippen molar-refractivity contribution in [1.82, 2.24) is 15.2 Å². The van der Waals surface area contributed by atoms with Gasteiger partial charge in [0, 0.05) is 4.88 Å². The molecule has 0 atom stereocenters. The average Bonchev–Trinajstić information content (AvgIpc) is 3.01. The largest absolute Gasteiger partial charge is 0.301 e. The second-order valence-corrected chi connectivity index (χ2v) is 6.92. The van der Waals surface area contributed by atoms with Crippen LogP contribution in [0.4, 0.5) is 5.13 Å². The molecule has 1 N–H and O–H groups in total. The molecule has 0 unspecified atom stereocenters. The van der Waals surface area contributed by atoms with Gasteiger partial charge in [0.25, 0.3) is 0 Å². The number of amides is 1. The maximum atomic E-state index is 11.7. The predicted molar refractivity (Wildman–Crippen MR) is 73.4 cm³/mol. The highest BCUT2D eigenvalue weighted by Gasteiger charge is 2.17. The van der Waals surface area contributed by atoms with Crippen LogP contribution in [-0.2, 0) is 17.6 Å². The number of hydrogen-bond acceptors (Lipinski definition) is 7. The fourth-order valence-corrected chi connectivity index (χ4v) is 4.11. The van der Waals surface area contributed by atoms with E-state index in [-0.39, 0.29) is 5.91 Å². The molecular formula is C10H10N4OS3. The minimum absolute atomic E-state index is 0.0392. The lowest BCUT2D eigenvalue weighted by Gasteiger charge is -1.99. The Bertz CT molecular complexity index is 530. The molecule has 2 aromatic rings. The minimum Gasteiger partial charge on any atom is -0.301 e. The highest BCUT2D eigenvalue weighted by Crippen LogP contribution is 2.30. The van der Waals surface area contributed by atoms with Gasteiger partial charge >= 0.3 is 0 Å². The lowest BCUT2D eigenvalue weighted by atomic mass is 10.4. The van der Waals surface area contributed by atoms with Crippen LogP contribution in [0.1, 0.15) is 17.0 Å². The van der Waals surface area contributed by atoms with E-state index in [1.165, 1.54) is 34.4 Å². The van der Waals surface area contributed by atoms with Gasteiger partial charge in [0.1, 0.15) is 5.51 Å². The molecule has 0 aromatic carbocycles. The third-order valence-corrected chi connectivity index (χ3v) is 5.44. The maximum absolute atomic E-state index is 11.7. The van der Waals surface area contributed by atoms with E-state index < -0.39 is 0 Å². The Morgan fingerprint density at radius 2 is 2.44 bits per heavy atom. The summed E-state index contributed by atoms with van der Waals surface area (Å²) in [6.07, 6.45) is 3.33. The maximum Gasteiger partial charge on any atom is 0.236 e. The number of fused-ring (bicyclic) bond motifs is 1. The van der Waals surface area contributed by atoms with Gasteiger partial charge in [0.2, 0.25) is 5.91 Å². The number of thiazole rings is 1. The molecule has 0 saturated heterocycles. The van der Waals surface area contributed by atoms with E-state index in [0.29, 0.717) is 5.75 Å². The molecule has 1 aliphatic carbocycles. The number of rotatable bonds is 4. The number of anilines is 1. The van der Waals surface area contributed by atoms with E-state index in [1.54, 1.807) is 16.8 Å². The van der Waals surface area contributed by atoms with E-state index in [9.17, 15) is 4.79 Å². The summed E-state index contributed by atoms with van der Waals surface area (Å²) >= 11 is 4.43. The van der Waals surface area contributed by atoms with Crippen LogP contribution in [0.2, 0.25) is 0 Å². The summed E-state index contributed by atoms with van der Waals surface area (Å²) in [5, 5.41) is 11.2. The Morgan fingerprint density at radius 1 is 1.50 bits per heavy atom. The van der Waals surface area contributed by atoms with Crippen molar-refractivity contribution in [1.29, 1.82) is 0 Å². The monoisotopic (exact) mass is 298 g/mol. The fourth-order valence-electron chi connectivity index (χ4n) is 1.75. The number of nitrogens with zero attached hydrogens (tertiary/aromatic N) is 3. The smallest absolute Gasteiger partial charge is 0.236 e. The number of thioether (sulfide) groups is 1. The van der Waals surface area contributed by atoms with Crippen molar-refractivity contribution >= 4 is 45.5 Å². The highest BCUT2D eigenvalue weighted by molar-refractivity contribution is 8.01. The molecule has 0 aliphatic heterocycles. The first-order valence-electron chi connectivity index (χ1n) is 5.48. The summed E-state index contributed by atoms with van der Waals surface area (Å²) in [6.45, 7) is 0. The second-order valence-electron chi connectivity index (χ2n) is 3.78. The van der Waals surface area contributed by atoms with Crippen molar-refractivity contribution < 1.29 is 4.79 Å². The van der Waals surface area contributed by atoms with Gasteiger partial charge in [0.15, 0.2) is 9.47 Å². The number of aromatic nitrogens is 3. The van der Waals surface area contributed by atoms with Crippen molar-refractivity contribution in [2.45, 2.75) is 23.6 Å². The Morgan fingerprint density at radius 3 is 3.22 bits per heavy atom. The van der Waals surface area contributed by atoms with E-state index in [2.05, 4.69) is 20.5 Å². The van der Waals surface area contributed by atoms with Crippen LogP contribution in [0.15, 0.2) is 9.85 Å². The van der Waals surface area contributed by atoms with E-state index >= 15 is 0 Å². The van der Waals surface area contributed by atoms with Crippen LogP contribution in [0.5, 0.6) is 0 Å². The van der Waals surface area contributed by atoms with Crippen LogP contribution >= 0.6 is 34.4 Å². The van der Waals surface area contributed by atoms with Crippen molar-refractivity contribution in [3.05, 3.63) is 16.1 Å². The van der Waals surface area contributed by atoms with Gasteiger partial charge in [-0.25, -0.2) is 4.98 Å². The van der Waals surface area contributed by atoms with Gasteiger partial charge in [-0.15, -0.1) is 21.5 Å². The van der Waals surface area contributed by atoms with Crippen molar-refractivity contribution in [3.8, 4) is 0 Å². The van der Waals surface area contributed by atoms with Crippen LogP contribution in [0.25, 0.3) is 0 Å². The molecule has 1 aliphatic rings. The predicted octanol–water partition coefficient (Wildman–Crippen LogP) is 2.21. The Balaban J connectivity index is 1.54. The lowest BCUT2D eigenvalue weighted by Crippen LogP contribution is -2.13. The molecule has 3 rings (SSSR count). The second kappa shape index (κ2) is 5.33. The summed E-state index contributed by atoms with van der Waals surface area (Å²) < 4.78 is 0.812. The van der Waals surface area contributed by atoms with Gasteiger partial charge < -0.3 is 5.32 Å². The zero-order valence-electron chi connectivity index (χ0n) is 9.38. The summed E-state index contributed by atoms with van der Waals surface area (Å²) in [5.74, 6) is 0.307. The van der Waals surface area contributed by atoms with Crippen molar-refractivity contribution in [2.24, 2.45) is 0 Å². The molecule has 0 radical (unpaired) electrons. The quantitative estimate of drug-likeness (QED) is 0.877.